The zero-order valence-electron chi connectivity index (χ0n) is 10.4. The number of halogens is 1. The number of carbonyl (C=O) groups excluding carboxylic acids is 1. The van der Waals surface area contributed by atoms with Gasteiger partial charge in [0.15, 0.2) is 0 Å². The van der Waals surface area contributed by atoms with Gasteiger partial charge in [-0.25, -0.2) is 0 Å². The van der Waals surface area contributed by atoms with E-state index in [-0.39, 0.29) is 22.6 Å². The van der Waals surface area contributed by atoms with E-state index in [4.69, 9.17) is 4.74 Å². The van der Waals surface area contributed by atoms with Crippen LogP contribution in [0.3, 0.4) is 0 Å². The second kappa shape index (κ2) is 5.79. The van der Waals surface area contributed by atoms with Gasteiger partial charge in [-0.2, -0.15) is 0 Å². The number of rotatable bonds is 3. The lowest BCUT2D eigenvalue weighted by molar-refractivity contribution is 0.0441. The van der Waals surface area contributed by atoms with Gasteiger partial charge in [0.05, 0.1) is 11.1 Å². The predicted octanol–water partition coefficient (Wildman–Crippen LogP) is 1.77. The maximum atomic E-state index is 12.2. The molecule has 1 aromatic rings. The van der Waals surface area contributed by atoms with E-state index in [1.165, 1.54) is 18.2 Å². The molecule has 1 saturated heterocycles. The number of hydrogen-bond donors (Lipinski definition) is 3. The number of ether oxygens (including phenoxy) is 1. The number of aromatic hydroxyl groups is 2. The van der Waals surface area contributed by atoms with Crippen molar-refractivity contribution in [2.24, 2.45) is 0 Å². The molecule has 3 N–H and O–H groups in total. The van der Waals surface area contributed by atoms with Gasteiger partial charge in [0.2, 0.25) is 0 Å². The SMILES string of the molecule is O=C(NC1(CBr)CCOCC1)c1cc(O)ccc1O. The third-order valence-electron chi connectivity index (χ3n) is 3.31. The molecule has 1 aliphatic heterocycles. The number of phenols is 2. The summed E-state index contributed by atoms with van der Waals surface area (Å²) in [5, 5.41) is 22.6. The Kier molecular flexibility index (Phi) is 4.31. The minimum Gasteiger partial charge on any atom is -0.508 e. The summed E-state index contributed by atoms with van der Waals surface area (Å²) in [6.45, 7) is 1.19. The molecule has 104 valence electrons. The average molecular weight is 330 g/mol. The lowest BCUT2D eigenvalue weighted by Crippen LogP contribution is -2.53. The Morgan fingerprint density at radius 3 is 2.68 bits per heavy atom. The molecule has 0 saturated carbocycles. The number of carbonyl (C=O) groups is 1. The highest BCUT2D eigenvalue weighted by molar-refractivity contribution is 9.09. The number of benzene rings is 1. The van der Waals surface area contributed by atoms with Crippen molar-refractivity contribution >= 4 is 21.8 Å². The molecule has 1 aromatic carbocycles. The summed E-state index contributed by atoms with van der Waals surface area (Å²) >= 11 is 3.42. The van der Waals surface area contributed by atoms with Crippen molar-refractivity contribution in [1.82, 2.24) is 5.32 Å². The average Bonchev–Trinajstić information content (AvgIpc) is 2.42. The molecule has 1 fully saturated rings. The van der Waals surface area contributed by atoms with Gasteiger partial charge in [0.25, 0.3) is 5.91 Å². The maximum absolute atomic E-state index is 12.2. The highest BCUT2D eigenvalue weighted by Gasteiger charge is 2.33. The molecule has 1 aliphatic rings. The van der Waals surface area contributed by atoms with Crippen LogP contribution < -0.4 is 5.32 Å². The third-order valence-corrected chi connectivity index (χ3v) is 4.38. The molecule has 5 nitrogen and oxygen atoms in total. The maximum Gasteiger partial charge on any atom is 0.255 e. The van der Waals surface area contributed by atoms with Crippen LogP contribution in [0.2, 0.25) is 0 Å². The van der Waals surface area contributed by atoms with Crippen LogP contribution in [0.4, 0.5) is 0 Å². The Morgan fingerprint density at radius 2 is 2.05 bits per heavy atom. The number of hydrogen-bond acceptors (Lipinski definition) is 4. The fourth-order valence-electron chi connectivity index (χ4n) is 2.07. The van der Waals surface area contributed by atoms with Crippen molar-refractivity contribution in [2.45, 2.75) is 18.4 Å². The van der Waals surface area contributed by atoms with E-state index < -0.39 is 5.91 Å². The van der Waals surface area contributed by atoms with E-state index in [0.29, 0.717) is 31.4 Å². The van der Waals surface area contributed by atoms with Crippen LogP contribution >= 0.6 is 15.9 Å². The Morgan fingerprint density at radius 1 is 1.37 bits per heavy atom. The van der Waals surface area contributed by atoms with Crippen molar-refractivity contribution in [3.8, 4) is 11.5 Å². The standard InChI is InChI=1S/C13H16BrNO4/c14-8-13(3-5-19-6-4-13)15-12(18)10-7-9(16)1-2-11(10)17/h1-2,7,16-17H,3-6,8H2,(H,15,18). The van der Waals surface area contributed by atoms with Crippen molar-refractivity contribution in [3.63, 3.8) is 0 Å². The van der Waals surface area contributed by atoms with Crippen LogP contribution in [0.1, 0.15) is 23.2 Å². The first-order valence-electron chi connectivity index (χ1n) is 6.04. The highest BCUT2D eigenvalue weighted by atomic mass is 79.9. The minimum absolute atomic E-state index is 0.0529. The molecule has 19 heavy (non-hydrogen) atoms. The molecule has 0 bridgehead atoms. The van der Waals surface area contributed by atoms with Gasteiger partial charge >= 0.3 is 0 Å². The molecule has 6 heteroatoms. The second-order valence-corrected chi connectivity index (χ2v) is 5.24. The second-order valence-electron chi connectivity index (χ2n) is 4.68. The summed E-state index contributed by atoms with van der Waals surface area (Å²) < 4.78 is 5.30. The van der Waals surface area contributed by atoms with Gasteiger partial charge < -0.3 is 20.3 Å². The van der Waals surface area contributed by atoms with E-state index in [2.05, 4.69) is 21.2 Å². The Bertz CT molecular complexity index is 472. The van der Waals surface area contributed by atoms with E-state index in [1.807, 2.05) is 0 Å². The quantitative estimate of drug-likeness (QED) is 0.583. The largest absolute Gasteiger partial charge is 0.508 e. The first kappa shape index (κ1) is 14.1. The van der Waals surface area contributed by atoms with E-state index in [9.17, 15) is 15.0 Å². The number of alkyl halides is 1. The van der Waals surface area contributed by atoms with Crippen molar-refractivity contribution < 1.29 is 19.7 Å². The summed E-state index contributed by atoms with van der Waals surface area (Å²) in [4.78, 5) is 12.2. The molecule has 1 heterocycles. The van der Waals surface area contributed by atoms with Crippen LogP contribution in [0.5, 0.6) is 11.5 Å². The molecule has 2 rings (SSSR count). The molecule has 0 spiro atoms. The zero-order chi connectivity index (χ0) is 13.9. The van der Waals surface area contributed by atoms with Crippen LogP contribution in [0, 0.1) is 0 Å². The van der Waals surface area contributed by atoms with Crippen LogP contribution in [0.25, 0.3) is 0 Å². The fraction of sp³-hybridized carbons (Fsp3) is 0.462. The lowest BCUT2D eigenvalue weighted by atomic mass is 9.92. The third kappa shape index (κ3) is 3.19. The number of nitrogens with one attached hydrogen (secondary N) is 1. The van der Waals surface area contributed by atoms with Crippen molar-refractivity contribution in [3.05, 3.63) is 23.8 Å². The molecule has 0 unspecified atom stereocenters. The molecule has 0 aliphatic carbocycles. The first-order chi connectivity index (χ1) is 9.06. The fourth-order valence-corrected chi connectivity index (χ4v) is 2.77. The summed E-state index contributed by atoms with van der Waals surface area (Å²) in [7, 11) is 0. The Hall–Kier alpha value is -1.27. The molecular weight excluding hydrogens is 314 g/mol. The highest BCUT2D eigenvalue weighted by Crippen LogP contribution is 2.26. The number of phenolic OH excluding ortho intramolecular Hbond substituents is 2. The predicted molar refractivity (Wildman–Crippen MR) is 73.8 cm³/mol. The molecule has 1 amide bonds. The minimum atomic E-state index is -0.394. The summed E-state index contributed by atoms with van der Waals surface area (Å²) in [6, 6.07) is 3.89. The summed E-state index contributed by atoms with van der Waals surface area (Å²) in [6.07, 6.45) is 1.42. The van der Waals surface area contributed by atoms with Gasteiger partial charge in [-0.3, -0.25) is 4.79 Å². The van der Waals surface area contributed by atoms with E-state index >= 15 is 0 Å². The van der Waals surface area contributed by atoms with Crippen LogP contribution in [0.15, 0.2) is 18.2 Å². The molecule has 0 atom stereocenters. The summed E-state index contributed by atoms with van der Waals surface area (Å²) in [5.41, 5.74) is -0.292. The first-order valence-corrected chi connectivity index (χ1v) is 7.17. The molecule has 0 radical (unpaired) electrons. The zero-order valence-corrected chi connectivity index (χ0v) is 11.9. The van der Waals surface area contributed by atoms with Gasteiger partial charge in [0.1, 0.15) is 11.5 Å². The Balaban J connectivity index is 2.17. The summed E-state index contributed by atoms with van der Waals surface area (Å²) in [5.74, 6) is -0.593. The van der Waals surface area contributed by atoms with Gasteiger partial charge in [-0.15, -0.1) is 0 Å². The molecular formula is C13H16BrNO4. The lowest BCUT2D eigenvalue weighted by Gasteiger charge is -2.36. The monoisotopic (exact) mass is 329 g/mol. The van der Waals surface area contributed by atoms with Crippen molar-refractivity contribution in [1.29, 1.82) is 0 Å². The topological polar surface area (TPSA) is 78.8 Å². The van der Waals surface area contributed by atoms with Gasteiger partial charge in [-0.1, -0.05) is 15.9 Å². The van der Waals surface area contributed by atoms with E-state index in [1.54, 1.807) is 0 Å². The van der Waals surface area contributed by atoms with E-state index in [0.717, 1.165) is 0 Å². The Labute approximate surface area is 119 Å². The van der Waals surface area contributed by atoms with Gasteiger partial charge in [0, 0.05) is 18.5 Å². The smallest absolute Gasteiger partial charge is 0.255 e. The van der Waals surface area contributed by atoms with Crippen LogP contribution in [-0.2, 0) is 4.74 Å². The van der Waals surface area contributed by atoms with Crippen molar-refractivity contribution in [2.75, 3.05) is 18.5 Å². The number of amides is 1. The molecule has 0 aromatic heterocycles. The normalized spacial score (nSPS) is 17.9. The van der Waals surface area contributed by atoms with Gasteiger partial charge in [-0.05, 0) is 31.0 Å². The van der Waals surface area contributed by atoms with Crippen LogP contribution in [-0.4, -0.2) is 40.2 Å².